The van der Waals surface area contributed by atoms with Gasteiger partial charge in [0.2, 0.25) is 17.7 Å². The molecule has 3 amide bonds. The number of anilines is 1. The Morgan fingerprint density at radius 3 is 2.67 bits per heavy atom. The molecule has 1 aromatic carbocycles. The number of rotatable bonds is 9. The number of amides is 3. The van der Waals surface area contributed by atoms with Crippen molar-refractivity contribution in [2.24, 2.45) is 16.7 Å². The molecule has 1 N–H and O–H groups in total. The van der Waals surface area contributed by atoms with E-state index in [2.05, 4.69) is 12.2 Å². The topological polar surface area (TPSA) is 75.7 Å². The highest BCUT2D eigenvalue weighted by Crippen LogP contribution is 2.60. The molecule has 1 aromatic rings. The Bertz CT molecular complexity index is 819. The van der Waals surface area contributed by atoms with Crippen molar-refractivity contribution in [3.05, 3.63) is 24.3 Å². The first kappa shape index (κ1) is 22.3. The fourth-order valence-electron chi connectivity index (χ4n) is 4.75. The lowest BCUT2D eigenvalue weighted by molar-refractivity contribution is -0.168. The SMILES string of the molecule is CCCCOc1ccccc1NC(=O)CCCN1C(=O)C2CCC(C)(C1=O)C2(C)C. The lowest BCUT2D eigenvalue weighted by Crippen LogP contribution is -2.59. The zero-order valence-corrected chi connectivity index (χ0v) is 18.6. The molecule has 1 saturated heterocycles. The number of likely N-dealkylation sites (tertiary alicyclic amines) is 1. The van der Waals surface area contributed by atoms with E-state index in [9.17, 15) is 14.4 Å². The Morgan fingerprint density at radius 2 is 1.93 bits per heavy atom. The number of nitrogens with zero attached hydrogens (tertiary/aromatic N) is 1. The van der Waals surface area contributed by atoms with Crippen molar-refractivity contribution in [1.82, 2.24) is 4.90 Å². The van der Waals surface area contributed by atoms with Crippen molar-refractivity contribution in [2.75, 3.05) is 18.5 Å². The Labute approximate surface area is 179 Å². The van der Waals surface area contributed by atoms with Gasteiger partial charge >= 0.3 is 0 Å². The highest BCUT2D eigenvalue weighted by Gasteiger charge is 2.64. The number of carbonyl (C=O) groups excluding carboxylic acids is 3. The lowest BCUT2D eigenvalue weighted by atomic mass is 9.62. The van der Waals surface area contributed by atoms with Crippen molar-refractivity contribution in [2.45, 2.75) is 66.2 Å². The smallest absolute Gasteiger partial charge is 0.235 e. The number of piperidine rings is 1. The van der Waals surface area contributed by atoms with Crippen molar-refractivity contribution in [3.63, 3.8) is 0 Å². The average molecular weight is 415 g/mol. The second-order valence-corrected chi connectivity index (χ2v) is 9.29. The maximum atomic E-state index is 13.1. The van der Waals surface area contributed by atoms with E-state index >= 15 is 0 Å². The number of imide groups is 1. The summed E-state index contributed by atoms with van der Waals surface area (Å²) in [5, 5.41) is 2.90. The molecule has 1 aliphatic heterocycles. The summed E-state index contributed by atoms with van der Waals surface area (Å²) in [6.07, 6.45) is 4.20. The third-order valence-electron chi connectivity index (χ3n) is 7.21. The maximum absolute atomic E-state index is 13.1. The third-order valence-corrected chi connectivity index (χ3v) is 7.21. The Morgan fingerprint density at radius 1 is 1.20 bits per heavy atom. The van der Waals surface area contributed by atoms with Crippen LogP contribution in [0.5, 0.6) is 5.75 Å². The van der Waals surface area contributed by atoms with Crippen LogP contribution in [0.1, 0.15) is 66.2 Å². The van der Waals surface area contributed by atoms with E-state index in [1.807, 2.05) is 45.0 Å². The van der Waals surface area contributed by atoms with Gasteiger partial charge in [0.1, 0.15) is 5.75 Å². The molecule has 1 aliphatic carbocycles. The summed E-state index contributed by atoms with van der Waals surface area (Å²) in [4.78, 5) is 39.8. The summed E-state index contributed by atoms with van der Waals surface area (Å²) in [5.74, 6) is 0.248. The van der Waals surface area contributed by atoms with E-state index in [4.69, 9.17) is 4.74 Å². The molecule has 2 bridgehead atoms. The van der Waals surface area contributed by atoms with Crippen LogP contribution in [0.15, 0.2) is 24.3 Å². The van der Waals surface area contributed by atoms with Crippen LogP contribution in [-0.2, 0) is 14.4 Å². The second kappa shape index (κ2) is 8.78. The molecule has 6 nitrogen and oxygen atoms in total. The molecule has 0 aromatic heterocycles. The third kappa shape index (κ3) is 3.96. The first-order chi connectivity index (χ1) is 14.2. The largest absolute Gasteiger partial charge is 0.491 e. The number of hydrogen-bond donors (Lipinski definition) is 1. The van der Waals surface area contributed by atoms with Crippen LogP contribution in [0.2, 0.25) is 0 Å². The van der Waals surface area contributed by atoms with Gasteiger partial charge in [0.15, 0.2) is 0 Å². The maximum Gasteiger partial charge on any atom is 0.235 e. The van der Waals surface area contributed by atoms with E-state index < -0.39 is 5.41 Å². The van der Waals surface area contributed by atoms with Gasteiger partial charge in [-0.3, -0.25) is 19.3 Å². The summed E-state index contributed by atoms with van der Waals surface area (Å²) in [5.41, 5.74) is -0.157. The molecule has 2 atom stereocenters. The van der Waals surface area contributed by atoms with Gasteiger partial charge in [-0.15, -0.1) is 0 Å². The Balaban J connectivity index is 1.55. The van der Waals surface area contributed by atoms with Crippen LogP contribution in [0.4, 0.5) is 5.69 Å². The molecule has 2 unspecified atom stereocenters. The molecule has 164 valence electrons. The molecule has 0 radical (unpaired) electrons. The summed E-state index contributed by atoms with van der Waals surface area (Å²) in [7, 11) is 0. The van der Waals surface area contributed by atoms with Crippen molar-refractivity contribution >= 4 is 23.4 Å². The molecule has 6 heteroatoms. The molecular formula is C24H34N2O4. The predicted octanol–water partition coefficient (Wildman–Crippen LogP) is 4.40. The minimum absolute atomic E-state index is 0.0740. The minimum atomic E-state index is -0.497. The van der Waals surface area contributed by atoms with Gasteiger partial charge in [0.25, 0.3) is 0 Å². The highest BCUT2D eigenvalue weighted by molar-refractivity contribution is 6.03. The number of hydrogen-bond acceptors (Lipinski definition) is 4. The second-order valence-electron chi connectivity index (χ2n) is 9.29. The molecule has 1 heterocycles. The van der Waals surface area contributed by atoms with Crippen molar-refractivity contribution in [3.8, 4) is 5.75 Å². The zero-order valence-electron chi connectivity index (χ0n) is 18.6. The van der Waals surface area contributed by atoms with E-state index in [-0.39, 0.29) is 35.5 Å². The standard InChI is InChI=1S/C24H34N2O4/c1-5-6-16-30-19-11-8-7-10-18(19)25-20(27)12-9-15-26-21(28)17-13-14-24(4,22(26)29)23(17,2)3/h7-8,10-11,17H,5-6,9,12-16H2,1-4H3,(H,25,27). The molecule has 3 rings (SSSR count). The van der Waals surface area contributed by atoms with Gasteiger partial charge in [0, 0.05) is 18.9 Å². The zero-order chi connectivity index (χ0) is 21.9. The van der Waals surface area contributed by atoms with Crippen molar-refractivity contribution in [1.29, 1.82) is 0 Å². The number of unbranched alkanes of at least 4 members (excludes halogenated alkanes) is 1. The first-order valence-electron chi connectivity index (χ1n) is 11.1. The Hall–Kier alpha value is -2.37. The molecule has 2 aliphatic rings. The van der Waals surface area contributed by atoms with Gasteiger partial charge in [-0.1, -0.05) is 46.2 Å². The number of carbonyl (C=O) groups is 3. The van der Waals surface area contributed by atoms with Crippen molar-refractivity contribution < 1.29 is 19.1 Å². The predicted molar refractivity (Wildman–Crippen MR) is 116 cm³/mol. The first-order valence-corrected chi connectivity index (χ1v) is 11.1. The number of ether oxygens (including phenoxy) is 1. The number of benzene rings is 1. The van der Waals surface area contributed by atoms with E-state index in [1.54, 1.807) is 0 Å². The van der Waals surface area contributed by atoms with Gasteiger partial charge in [0.05, 0.1) is 17.7 Å². The molecule has 0 spiro atoms. The molecule has 30 heavy (non-hydrogen) atoms. The lowest BCUT2D eigenvalue weighted by Gasteiger charge is -2.47. The fourth-order valence-corrected chi connectivity index (χ4v) is 4.75. The normalized spacial score (nSPS) is 24.8. The van der Waals surface area contributed by atoms with E-state index in [1.165, 1.54) is 4.90 Å². The van der Waals surface area contributed by atoms with E-state index in [0.717, 1.165) is 25.7 Å². The van der Waals surface area contributed by atoms with Gasteiger partial charge < -0.3 is 10.1 Å². The van der Waals surface area contributed by atoms with Crippen LogP contribution in [0.3, 0.4) is 0 Å². The van der Waals surface area contributed by atoms with Crippen LogP contribution in [-0.4, -0.2) is 35.8 Å². The molecule has 2 fully saturated rings. The summed E-state index contributed by atoms with van der Waals surface area (Å²) < 4.78 is 5.76. The van der Waals surface area contributed by atoms with Crippen LogP contribution >= 0.6 is 0 Å². The number of para-hydroxylation sites is 2. The minimum Gasteiger partial charge on any atom is -0.491 e. The van der Waals surface area contributed by atoms with E-state index in [0.29, 0.717) is 31.0 Å². The quantitative estimate of drug-likeness (QED) is 0.480. The molecular weight excluding hydrogens is 380 g/mol. The Kier molecular flexibility index (Phi) is 6.53. The van der Waals surface area contributed by atoms with Gasteiger partial charge in [-0.25, -0.2) is 0 Å². The monoisotopic (exact) mass is 414 g/mol. The highest BCUT2D eigenvalue weighted by atomic mass is 16.5. The average Bonchev–Trinajstić information content (AvgIpc) is 2.89. The summed E-state index contributed by atoms with van der Waals surface area (Å²) in [6.45, 7) is 9.05. The number of nitrogens with one attached hydrogen (secondary N) is 1. The van der Waals surface area contributed by atoms with Crippen LogP contribution < -0.4 is 10.1 Å². The van der Waals surface area contributed by atoms with Gasteiger partial charge in [-0.2, -0.15) is 0 Å². The number of fused-ring (bicyclic) bond motifs is 2. The van der Waals surface area contributed by atoms with Crippen LogP contribution in [0, 0.1) is 16.7 Å². The van der Waals surface area contributed by atoms with Gasteiger partial charge in [-0.05, 0) is 43.2 Å². The summed E-state index contributed by atoms with van der Waals surface area (Å²) >= 11 is 0. The van der Waals surface area contributed by atoms with Crippen LogP contribution in [0.25, 0.3) is 0 Å². The molecule has 1 saturated carbocycles. The fraction of sp³-hybridized carbons (Fsp3) is 0.625. The summed E-state index contributed by atoms with van der Waals surface area (Å²) in [6, 6.07) is 7.39.